The minimum absolute atomic E-state index is 0.129. The fourth-order valence-electron chi connectivity index (χ4n) is 1.80. The Morgan fingerprint density at radius 2 is 2.11 bits per heavy atom. The van der Waals surface area contributed by atoms with Gasteiger partial charge in [-0.3, -0.25) is 4.79 Å². The number of alkyl halides is 1. The molecule has 0 aliphatic carbocycles. The molecule has 0 saturated carbocycles. The van der Waals surface area contributed by atoms with E-state index in [1.807, 2.05) is 48.1 Å². The Balaban J connectivity index is 2.05. The van der Waals surface area contributed by atoms with Crippen LogP contribution in [-0.4, -0.2) is 27.4 Å². The number of hydrogen-bond acceptors (Lipinski definition) is 2. The molecule has 0 N–H and O–H groups in total. The van der Waals surface area contributed by atoms with Crippen LogP contribution in [-0.2, 0) is 18.4 Å². The fraction of sp³-hybridized carbons (Fsp3) is 0.286. The number of carbonyl (C=O) groups is 1. The highest BCUT2D eigenvalue weighted by Crippen LogP contribution is 2.22. The van der Waals surface area contributed by atoms with Crippen LogP contribution in [0, 0.1) is 0 Å². The number of carbonyl (C=O) groups excluding carboxylic acids is 1. The topological polar surface area (TPSA) is 38.1 Å². The molecule has 1 unspecified atom stereocenters. The van der Waals surface area contributed by atoms with Crippen molar-refractivity contribution in [2.75, 3.05) is 7.05 Å². The van der Waals surface area contributed by atoms with Crippen LogP contribution in [0.25, 0.3) is 0 Å². The summed E-state index contributed by atoms with van der Waals surface area (Å²) in [6.07, 6.45) is 3.56. The second-order valence-corrected chi connectivity index (χ2v) is 4.86. The maximum absolute atomic E-state index is 12.2. The molecule has 0 aliphatic rings. The fourth-order valence-corrected chi connectivity index (χ4v) is 2.11. The minimum atomic E-state index is -0.661. The Bertz CT molecular complexity index is 553. The van der Waals surface area contributed by atoms with Crippen molar-refractivity contribution >= 4 is 17.5 Å². The van der Waals surface area contributed by atoms with E-state index in [0.717, 1.165) is 11.4 Å². The summed E-state index contributed by atoms with van der Waals surface area (Å²) >= 11 is 6.21. The summed E-state index contributed by atoms with van der Waals surface area (Å²) in [4.78, 5) is 18.0. The average molecular weight is 278 g/mol. The summed E-state index contributed by atoms with van der Waals surface area (Å²) in [5, 5.41) is -0.661. The second-order valence-electron chi connectivity index (χ2n) is 4.42. The zero-order chi connectivity index (χ0) is 13.8. The molecule has 5 heteroatoms. The van der Waals surface area contributed by atoms with Crippen molar-refractivity contribution in [3.63, 3.8) is 0 Å². The lowest BCUT2D eigenvalue weighted by atomic mass is 10.1. The number of aromatic nitrogens is 2. The molecular formula is C14H16ClN3O. The van der Waals surface area contributed by atoms with Crippen molar-refractivity contribution in [3.8, 4) is 0 Å². The summed E-state index contributed by atoms with van der Waals surface area (Å²) in [5.41, 5.74) is 0.806. The van der Waals surface area contributed by atoms with Crippen LogP contribution < -0.4 is 0 Å². The maximum Gasteiger partial charge on any atom is 0.245 e. The van der Waals surface area contributed by atoms with Crippen molar-refractivity contribution < 1.29 is 4.79 Å². The van der Waals surface area contributed by atoms with Crippen molar-refractivity contribution in [2.45, 2.75) is 11.9 Å². The largest absolute Gasteiger partial charge is 0.337 e. The van der Waals surface area contributed by atoms with Crippen LogP contribution in [0.1, 0.15) is 16.8 Å². The van der Waals surface area contributed by atoms with Crippen molar-refractivity contribution in [3.05, 3.63) is 54.1 Å². The summed E-state index contributed by atoms with van der Waals surface area (Å²) in [5.74, 6) is 0.698. The van der Waals surface area contributed by atoms with Gasteiger partial charge in [-0.25, -0.2) is 4.98 Å². The van der Waals surface area contributed by atoms with Gasteiger partial charge in [-0.2, -0.15) is 0 Å². The second kappa shape index (κ2) is 5.89. The Labute approximate surface area is 117 Å². The van der Waals surface area contributed by atoms with Gasteiger partial charge in [0.1, 0.15) is 11.2 Å². The molecular weight excluding hydrogens is 262 g/mol. The van der Waals surface area contributed by atoms with Gasteiger partial charge < -0.3 is 9.47 Å². The molecule has 0 fully saturated rings. The Kier molecular flexibility index (Phi) is 4.22. The standard InChI is InChI=1S/C14H16ClN3O/c1-17-9-8-16-12(17)10-18(2)14(19)13(15)11-6-4-3-5-7-11/h3-9,13H,10H2,1-2H3. The number of halogens is 1. The Morgan fingerprint density at radius 1 is 1.42 bits per heavy atom. The third-order valence-electron chi connectivity index (χ3n) is 2.98. The predicted molar refractivity (Wildman–Crippen MR) is 74.7 cm³/mol. The van der Waals surface area contributed by atoms with Gasteiger partial charge in [0.2, 0.25) is 5.91 Å². The van der Waals surface area contributed by atoms with E-state index in [4.69, 9.17) is 11.6 Å². The third-order valence-corrected chi connectivity index (χ3v) is 3.42. The van der Waals surface area contributed by atoms with Crippen molar-refractivity contribution in [2.24, 2.45) is 7.05 Å². The van der Waals surface area contributed by atoms with Gasteiger partial charge in [0.15, 0.2) is 0 Å². The van der Waals surface area contributed by atoms with Gasteiger partial charge in [-0.1, -0.05) is 30.3 Å². The van der Waals surface area contributed by atoms with Crippen LogP contribution in [0.5, 0.6) is 0 Å². The molecule has 1 heterocycles. The van der Waals surface area contributed by atoms with Crippen molar-refractivity contribution in [1.82, 2.24) is 14.5 Å². The van der Waals surface area contributed by atoms with E-state index in [1.54, 1.807) is 18.1 Å². The summed E-state index contributed by atoms with van der Waals surface area (Å²) in [6.45, 7) is 0.443. The number of aryl methyl sites for hydroxylation is 1. The van der Waals surface area contributed by atoms with Gasteiger partial charge in [-0.15, -0.1) is 11.6 Å². The van der Waals surface area contributed by atoms with Gasteiger partial charge in [0.05, 0.1) is 6.54 Å². The number of rotatable bonds is 4. The molecule has 1 aromatic carbocycles. The maximum atomic E-state index is 12.2. The summed E-state index contributed by atoms with van der Waals surface area (Å²) < 4.78 is 1.88. The zero-order valence-electron chi connectivity index (χ0n) is 11.0. The van der Waals surface area contributed by atoms with E-state index in [9.17, 15) is 4.79 Å². The molecule has 0 bridgehead atoms. The molecule has 1 amide bonds. The molecule has 100 valence electrons. The van der Waals surface area contributed by atoms with Crippen LogP contribution in [0.3, 0.4) is 0 Å². The van der Waals surface area contributed by atoms with Crippen LogP contribution in [0.4, 0.5) is 0 Å². The van der Waals surface area contributed by atoms with E-state index < -0.39 is 5.38 Å². The highest BCUT2D eigenvalue weighted by atomic mass is 35.5. The first kappa shape index (κ1) is 13.6. The first-order valence-electron chi connectivity index (χ1n) is 6.00. The molecule has 19 heavy (non-hydrogen) atoms. The van der Waals surface area contributed by atoms with E-state index in [0.29, 0.717) is 6.54 Å². The highest BCUT2D eigenvalue weighted by Gasteiger charge is 2.22. The lowest BCUT2D eigenvalue weighted by molar-refractivity contribution is -0.130. The SMILES string of the molecule is CN(Cc1nccn1C)C(=O)C(Cl)c1ccccc1. The Hall–Kier alpha value is -1.81. The molecule has 1 aromatic heterocycles. The first-order valence-corrected chi connectivity index (χ1v) is 6.43. The number of benzene rings is 1. The lowest BCUT2D eigenvalue weighted by Crippen LogP contribution is -2.30. The molecule has 2 rings (SSSR count). The van der Waals surface area contributed by atoms with Gasteiger partial charge in [0, 0.05) is 26.5 Å². The van der Waals surface area contributed by atoms with Crippen LogP contribution in [0.2, 0.25) is 0 Å². The molecule has 2 aromatic rings. The van der Waals surface area contributed by atoms with Gasteiger partial charge in [-0.05, 0) is 5.56 Å². The monoisotopic (exact) mass is 277 g/mol. The van der Waals surface area contributed by atoms with Crippen LogP contribution >= 0.6 is 11.6 Å². The van der Waals surface area contributed by atoms with Crippen molar-refractivity contribution in [1.29, 1.82) is 0 Å². The van der Waals surface area contributed by atoms with Crippen LogP contribution in [0.15, 0.2) is 42.7 Å². The molecule has 1 atom stereocenters. The Morgan fingerprint density at radius 3 is 2.68 bits per heavy atom. The predicted octanol–water partition coefficient (Wildman–Crippen LogP) is 2.36. The van der Waals surface area contributed by atoms with E-state index >= 15 is 0 Å². The first-order chi connectivity index (χ1) is 9.09. The molecule has 0 saturated heterocycles. The lowest BCUT2D eigenvalue weighted by Gasteiger charge is -2.20. The minimum Gasteiger partial charge on any atom is -0.337 e. The summed E-state index contributed by atoms with van der Waals surface area (Å²) in [6, 6.07) is 9.34. The zero-order valence-corrected chi connectivity index (χ0v) is 11.7. The average Bonchev–Trinajstić information content (AvgIpc) is 2.83. The quantitative estimate of drug-likeness (QED) is 0.805. The number of hydrogen-bond donors (Lipinski definition) is 0. The molecule has 0 radical (unpaired) electrons. The smallest absolute Gasteiger partial charge is 0.245 e. The summed E-state index contributed by atoms with van der Waals surface area (Å²) in [7, 11) is 3.63. The highest BCUT2D eigenvalue weighted by molar-refractivity contribution is 6.30. The number of imidazole rings is 1. The van der Waals surface area contributed by atoms with Gasteiger partial charge >= 0.3 is 0 Å². The van der Waals surface area contributed by atoms with E-state index in [-0.39, 0.29) is 5.91 Å². The number of likely N-dealkylation sites (N-methyl/N-ethyl adjacent to an activating group) is 1. The molecule has 0 spiro atoms. The number of amides is 1. The normalized spacial score (nSPS) is 12.2. The van der Waals surface area contributed by atoms with E-state index in [2.05, 4.69) is 4.98 Å². The third kappa shape index (κ3) is 3.15. The van der Waals surface area contributed by atoms with Gasteiger partial charge in [0.25, 0.3) is 0 Å². The molecule has 0 aliphatic heterocycles. The number of nitrogens with zero attached hydrogens (tertiary/aromatic N) is 3. The van der Waals surface area contributed by atoms with E-state index in [1.165, 1.54) is 0 Å². The molecule has 4 nitrogen and oxygen atoms in total.